The predicted molar refractivity (Wildman–Crippen MR) is 418 cm³/mol. The molecule has 102 heavy (non-hydrogen) atoms. The molecule has 19 heteroatoms. The van der Waals surface area contributed by atoms with Crippen molar-refractivity contribution in [3.8, 4) is 0 Å². The molecule has 17 nitrogen and oxygen atoms in total. The maximum atomic E-state index is 13.1. The van der Waals surface area contributed by atoms with Crippen LogP contribution in [0, 0.1) is 17.8 Å². The lowest BCUT2D eigenvalue weighted by atomic mass is 10.0. The van der Waals surface area contributed by atoms with Gasteiger partial charge in [0.15, 0.2) is 12.2 Å². The van der Waals surface area contributed by atoms with Gasteiger partial charge in [-0.3, -0.25) is 37.3 Å². The number of aliphatic hydroxyl groups excluding tert-OH is 1. The average molecular weight is 1490 g/mol. The van der Waals surface area contributed by atoms with Gasteiger partial charge in [-0.1, -0.05) is 382 Å². The monoisotopic (exact) mass is 1490 g/mol. The lowest BCUT2D eigenvalue weighted by molar-refractivity contribution is -0.161. The van der Waals surface area contributed by atoms with Crippen molar-refractivity contribution in [1.29, 1.82) is 0 Å². The highest BCUT2D eigenvalue weighted by Gasteiger charge is 2.30. The summed E-state index contributed by atoms with van der Waals surface area (Å²) in [5, 5.41) is 10.6. The van der Waals surface area contributed by atoms with Crippen LogP contribution in [-0.4, -0.2) is 96.7 Å². The van der Waals surface area contributed by atoms with E-state index in [9.17, 15) is 43.2 Å². The minimum atomic E-state index is -4.96. The molecule has 0 bridgehead atoms. The number of unbranched alkanes of at least 4 members (excludes halogenated alkanes) is 49. The summed E-state index contributed by atoms with van der Waals surface area (Å²) in [7, 11) is -9.92. The normalized spacial score (nSPS) is 13.9. The summed E-state index contributed by atoms with van der Waals surface area (Å²) in [6, 6.07) is 0. The summed E-state index contributed by atoms with van der Waals surface area (Å²) < 4.78 is 68.7. The van der Waals surface area contributed by atoms with E-state index in [0.29, 0.717) is 25.7 Å². The fraction of sp³-hybridized carbons (Fsp3) is 0.952. The average Bonchev–Trinajstić information content (AvgIpc) is 0.948. The van der Waals surface area contributed by atoms with Crippen molar-refractivity contribution < 1.29 is 80.2 Å². The van der Waals surface area contributed by atoms with Gasteiger partial charge in [0.2, 0.25) is 0 Å². The number of hydrogen-bond acceptors (Lipinski definition) is 15. The van der Waals surface area contributed by atoms with Crippen molar-refractivity contribution in [1.82, 2.24) is 0 Å². The zero-order valence-corrected chi connectivity index (χ0v) is 68.9. The first kappa shape index (κ1) is 100. The van der Waals surface area contributed by atoms with E-state index in [1.165, 1.54) is 238 Å². The fourth-order valence-electron chi connectivity index (χ4n) is 12.8. The first-order valence-electron chi connectivity index (χ1n) is 42.8. The highest BCUT2D eigenvalue weighted by Crippen LogP contribution is 2.45. The van der Waals surface area contributed by atoms with Gasteiger partial charge in [0.1, 0.15) is 19.3 Å². The van der Waals surface area contributed by atoms with Crippen LogP contribution >= 0.6 is 15.6 Å². The minimum absolute atomic E-state index is 0.105. The highest BCUT2D eigenvalue weighted by molar-refractivity contribution is 7.47. The number of hydrogen-bond donors (Lipinski definition) is 3. The van der Waals surface area contributed by atoms with Crippen LogP contribution in [0.2, 0.25) is 0 Å². The first-order valence-corrected chi connectivity index (χ1v) is 45.8. The summed E-state index contributed by atoms with van der Waals surface area (Å²) in [5.74, 6) is 0.267. The number of phosphoric ester groups is 2. The van der Waals surface area contributed by atoms with Crippen molar-refractivity contribution in [2.24, 2.45) is 17.8 Å². The summed E-state index contributed by atoms with van der Waals surface area (Å²) in [5.41, 5.74) is 0. The molecule has 0 aromatic rings. The number of carbonyl (C=O) groups excluding carboxylic acids is 4. The number of phosphoric acid groups is 2. The number of ether oxygens (including phenoxy) is 4. The van der Waals surface area contributed by atoms with Gasteiger partial charge in [-0.2, -0.15) is 0 Å². The molecule has 0 saturated carbocycles. The van der Waals surface area contributed by atoms with E-state index in [-0.39, 0.29) is 25.7 Å². The smallest absolute Gasteiger partial charge is 0.462 e. The lowest BCUT2D eigenvalue weighted by Gasteiger charge is -2.21. The van der Waals surface area contributed by atoms with E-state index in [2.05, 4.69) is 48.5 Å². The van der Waals surface area contributed by atoms with Gasteiger partial charge in [-0.15, -0.1) is 0 Å². The summed E-state index contributed by atoms with van der Waals surface area (Å²) in [4.78, 5) is 72.9. The molecule has 0 heterocycles. The Kier molecular flexibility index (Phi) is 71.8. The molecule has 3 N–H and O–H groups in total. The van der Waals surface area contributed by atoms with Crippen LogP contribution in [0.15, 0.2) is 0 Å². The fourth-order valence-corrected chi connectivity index (χ4v) is 14.4. The third-order valence-electron chi connectivity index (χ3n) is 19.4. The van der Waals surface area contributed by atoms with E-state index >= 15 is 0 Å². The molecule has 0 fully saturated rings. The molecule has 0 amide bonds. The summed E-state index contributed by atoms with van der Waals surface area (Å²) in [6.07, 6.45) is 62.7. The van der Waals surface area contributed by atoms with Gasteiger partial charge < -0.3 is 33.8 Å². The number of aliphatic hydroxyl groups is 1. The number of esters is 4. The maximum absolute atomic E-state index is 13.1. The molecule has 0 aliphatic rings. The third kappa shape index (κ3) is 76.3. The molecule has 0 spiro atoms. The second kappa shape index (κ2) is 73.2. The van der Waals surface area contributed by atoms with Gasteiger partial charge in [0, 0.05) is 25.7 Å². The number of rotatable bonds is 81. The van der Waals surface area contributed by atoms with Gasteiger partial charge in [-0.05, 0) is 43.4 Å². The Bertz CT molecular complexity index is 1970. The Hall–Kier alpha value is -1.94. The van der Waals surface area contributed by atoms with Gasteiger partial charge in [-0.25, -0.2) is 9.13 Å². The van der Waals surface area contributed by atoms with E-state index < -0.39 is 97.5 Å². The Labute approximate surface area is 626 Å². The second-order valence-corrected chi connectivity index (χ2v) is 34.2. The van der Waals surface area contributed by atoms with Crippen molar-refractivity contribution >= 4 is 39.5 Å². The minimum Gasteiger partial charge on any atom is -0.462 e. The van der Waals surface area contributed by atoms with Crippen molar-refractivity contribution in [3.05, 3.63) is 0 Å². The highest BCUT2D eigenvalue weighted by atomic mass is 31.2. The van der Waals surface area contributed by atoms with Crippen LogP contribution in [-0.2, 0) is 65.4 Å². The molecule has 0 aromatic heterocycles. The molecule has 0 aromatic carbocycles. The molecular formula is C83H162O17P2. The summed E-state index contributed by atoms with van der Waals surface area (Å²) in [6.45, 7) is 12.0. The maximum Gasteiger partial charge on any atom is 0.472 e. The topological polar surface area (TPSA) is 237 Å². The Morgan fingerprint density at radius 1 is 0.265 bits per heavy atom. The molecule has 5 atom stereocenters. The van der Waals surface area contributed by atoms with Gasteiger partial charge in [0.05, 0.1) is 26.4 Å². The Morgan fingerprint density at radius 3 is 0.667 bits per heavy atom. The Balaban J connectivity index is 5.17. The van der Waals surface area contributed by atoms with E-state index in [0.717, 1.165) is 114 Å². The first-order chi connectivity index (χ1) is 49.2. The molecule has 0 radical (unpaired) electrons. The van der Waals surface area contributed by atoms with E-state index in [4.69, 9.17) is 37.0 Å². The quantitative estimate of drug-likeness (QED) is 0.0222. The largest absolute Gasteiger partial charge is 0.472 e. The predicted octanol–water partition coefficient (Wildman–Crippen LogP) is 24.9. The van der Waals surface area contributed by atoms with Gasteiger partial charge in [0.25, 0.3) is 0 Å². The second-order valence-electron chi connectivity index (χ2n) is 31.3. The van der Waals surface area contributed by atoms with E-state index in [1.54, 1.807) is 0 Å². The lowest BCUT2D eigenvalue weighted by Crippen LogP contribution is -2.30. The number of carbonyl (C=O) groups is 4. The molecular weight excluding hydrogens is 1330 g/mol. The SMILES string of the molecule is CCCCCCCCCCC(=O)OC[C@H](COP(=O)(O)OC[C@H](O)COP(=O)(O)OC[C@@H](COC(=O)CCCCCCCCCCCCCCCCCCCCC(C)C)OC(=O)CCCCCCCCCCCCCCCCCCCCC(C)C)OC(=O)CCCCCCCCCCCC(C)C. The zero-order valence-electron chi connectivity index (χ0n) is 67.1. The van der Waals surface area contributed by atoms with Crippen LogP contribution < -0.4 is 0 Å². The van der Waals surface area contributed by atoms with Crippen molar-refractivity contribution in [2.45, 2.75) is 452 Å². The van der Waals surface area contributed by atoms with Crippen LogP contribution in [0.3, 0.4) is 0 Å². The third-order valence-corrected chi connectivity index (χ3v) is 21.3. The molecule has 0 aliphatic heterocycles. The molecule has 0 saturated heterocycles. The molecule has 0 aliphatic carbocycles. The Morgan fingerprint density at radius 2 is 0.451 bits per heavy atom. The van der Waals surface area contributed by atoms with Crippen molar-refractivity contribution in [2.75, 3.05) is 39.6 Å². The zero-order chi connectivity index (χ0) is 75.1. The van der Waals surface area contributed by atoms with Crippen LogP contribution in [0.4, 0.5) is 0 Å². The van der Waals surface area contributed by atoms with Crippen LogP contribution in [0.5, 0.6) is 0 Å². The standard InChI is InChI=1S/C83H162O17P2/c1-8-9-10-11-12-43-50-57-64-80(85)93-70-78(100-83(88)67-60-53-46-39-33-36-42-49-56-63-76(6)7)72-97-101(89,90)95-68-77(84)69-96-102(91,92)98-73-79(99-82(87)66-59-52-45-38-32-28-24-20-16-14-18-22-26-30-35-41-48-55-62-75(4)5)71-94-81(86)65-58-51-44-37-31-27-23-19-15-13-17-21-25-29-34-40-47-54-61-74(2)3/h74-79,84H,8-73H2,1-7H3,(H,89,90)(H,91,92)/t77-,78+,79+/m0/s1. The summed E-state index contributed by atoms with van der Waals surface area (Å²) >= 11 is 0. The van der Waals surface area contributed by atoms with Crippen LogP contribution in [0.1, 0.15) is 434 Å². The van der Waals surface area contributed by atoms with Crippen LogP contribution in [0.25, 0.3) is 0 Å². The van der Waals surface area contributed by atoms with E-state index in [1.807, 2.05) is 0 Å². The van der Waals surface area contributed by atoms with Crippen molar-refractivity contribution in [3.63, 3.8) is 0 Å². The molecule has 606 valence electrons. The molecule has 0 rings (SSSR count). The van der Waals surface area contributed by atoms with Gasteiger partial charge >= 0.3 is 39.5 Å². The molecule has 2 unspecified atom stereocenters.